The van der Waals surface area contributed by atoms with E-state index in [1.807, 2.05) is 6.07 Å². The molecule has 0 radical (unpaired) electrons. The van der Waals surface area contributed by atoms with Crippen molar-refractivity contribution in [3.05, 3.63) is 24.2 Å². The van der Waals surface area contributed by atoms with Gasteiger partial charge in [-0.25, -0.2) is 4.99 Å². The predicted octanol–water partition coefficient (Wildman–Crippen LogP) is 2.87. The van der Waals surface area contributed by atoms with E-state index < -0.39 is 0 Å². The first-order valence-electron chi connectivity index (χ1n) is 7.21. The Morgan fingerprint density at radius 3 is 2.95 bits per heavy atom. The second-order valence-electron chi connectivity index (χ2n) is 5.64. The van der Waals surface area contributed by atoms with E-state index in [0.717, 1.165) is 31.2 Å². The van der Waals surface area contributed by atoms with Crippen molar-refractivity contribution in [2.75, 3.05) is 19.6 Å². The van der Waals surface area contributed by atoms with E-state index in [0.29, 0.717) is 12.0 Å². The van der Waals surface area contributed by atoms with Gasteiger partial charge < -0.3 is 14.6 Å². The second kappa shape index (κ2) is 6.13. The minimum Gasteiger partial charge on any atom is -0.472 e. The molecule has 2 rings (SSSR count). The molecule has 0 aromatic carbocycles. The molecule has 4 heteroatoms. The van der Waals surface area contributed by atoms with Crippen LogP contribution in [0, 0.1) is 5.41 Å². The summed E-state index contributed by atoms with van der Waals surface area (Å²) in [5.41, 5.74) is 1.55. The SMILES string of the molecule is CCNC(=NCc1ccoc1)N1CCC(C)(CC)C1. The zero-order chi connectivity index (χ0) is 13.7. The van der Waals surface area contributed by atoms with Crippen molar-refractivity contribution < 1.29 is 4.42 Å². The molecule has 19 heavy (non-hydrogen) atoms. The van der Waals surface area contributed by atoms with Crippen LogP contribution in [0.25, 0.3) is 0 Å². The predicted molar refractivity (Wildman–Crippen MR) is 78.1 cm³/mol. The topological polar surface area (TPSA) is 40.8 Å². The van der Waals surface area contributed by atoms with Crippen molar-refractivity contribution in [3.8, 4) is 0 Å². The lowest BCUT2D eigenvalue weighted by Gasteiger charge is -2.25. The van der Waals surface area contributed by atoms with E-state index in [4.69, 9.17) is 9.41 Å². The number of aliphatic imine (C=N–C) groups is 1. The van der Waals surface area contributed by atoms with Gasteiger partial charge in [-0.05, 0) is 31.2 Å². The lowest BCUT2D eigenvalue weighted by Crippen LogP contribution is -2.41. The quantitative estimate of drug-likeness (QED) is 0.671. The highest BCUT2D eigenvalue weighted by molar-refractivity contribution is 5.80. The van der Waals surface area contributed by atoms with E-state index in [1.165, 1.54) is 12.8 Å². The van der Waals surface area contributed by atoms with Crippen LogP contribution in [0.2, 0.25) is 0 Å². The molecule has 0 bridgehead atoms. The Morgan fingerprint density at radius 2 is 2.37 bits per heavy atom. The van der Waals surface area contributed by atoms with Gasteiger partial charge in [0.1, 0.15) is 0 Å². The van der Waals surface area contributed by atoms with Crippen LogP contribution < -0.4 is 5.32 Å². The number of likely N-dealkylation sites (tertiary alicyclic amines) is 1. The summed E-state index contributed by atoms with van der Waals surface area (Å²) in [5.74, 6) is 1.03. The van der Waals surface area contributed by atoms with E-state index in [2.05, 4.69) is 31.0 Å². The number of nitrogens with zero attached hydrogens (tertiary/aromatic N) is 2. The molecule has 1 unspecified atom stereocenters. The van der Waals surface area contributed by atoms with Gasteiger partial charge >= 0.3 is 0 Å². The number of furan rings is 1. The Kier molecular flexibility index (Phi) is 4.51. The van der Waals surface area contributed by atoms with Gasteiger partial charge in [-0.1, -0.05) is 13.8 Å². The van der Waals surface area contributed by atoms with Crippen LogP contribution in [0.4, 0.5) is 0 Å². The van der Waals surface area contributed by atoms with Crippen LogP contribution in [0.5, 0.6) is 0 Å². The van der Waals surface area contributed by atoms with Crippen LogP contribution in [0.15, 0.2) is 28.0 Å². The first kappa shape index (κ1) is 14.0. The molecule has 1 atom stereocenters. The molecule has 0 aliphatic carbocycles. The van der Waals surface area contributed by atoms with Gasteiger partial charge in [0.05, 0.1) is 19.1 Å². The average molecular weight is 263 g/mol. The van der Waals surface area contributed by atoms with Crippen molar-refractivity contribution in [2.45, 2.75) is 40.2 Å². The Hall–Kier alpha value is -1.45. The number of guanidine groups is 1. The number of hydrogen-bond donors (Lipinski definition) is 1. The van der Waals surface area contributed by atoms with Crippen LogP contribution in [-0.4, -0.2) is 30.5 Å². The molecule has 1 N–H and O–H groups in total. The molecule has 1 aromatic heterocycles. The highest BCUT2D eigenvalue weighted by atomic mass is 16.3. The van der Waals surface area contributed by atoms with Crippen molar-refractivity contribution in [3.63, 3.8) is 0 Å². The molecule has 0 amide bonds. The molecular weight excluding hydrogens is 238 g/mol. The maximum absolute atomic E-state index is 5.08. The summed E-state index contributed by atoms with van der Waals surface area (Å²) in [4.78, 5) is 7.09. The third kappa shape index (κ3) is 3.52. The standard InChI is InChI=1S/C15H25N3O/c1-4-15(3)7-8-18(12-15)14(16-5-2)17-10-13-6-9-19-11-13/h6,9,11H,4-5,7-8,10,12H2,1-3H3,(H,16,17). The fourth-order valence-electron chi connectivity index (χ4n) is 2.47. The van der Waals surface area contributed by atoms with E-state index in [9.17, 15) is 0 Å². The smallest absolute Gasteiger partial charge is 0.194 e. The first-order chi connectivity index (χ1) is 9.17. The van der Waals surface area contributed by atoms with Crippen LogP contribution in [-0.2, 0) is 6.54 Å². The maximum Gasteiger partial charge on any atom is 0.194 e. The van der Waals surface area contributed by atoms with Crippen molar-refractivity contribution in [1.82, 2.24) is 10.2 Å². The van der Waals surface area contributed by atoms with Crippen molar-refractivity contribution >= 4 is 5.96 Å². The van der Waals surface area contributed by atoms with E-state index in [1.54, 1.807) is 12.5 Å². The molecule has 0 spiro atoms. The number of nitrogens with one attached hydrogen (secondary N) is 1. The lowest BCUT2D eigenvalue weighted by atomic mass is 9.87. The largest absolute Gasteiger partial charge is 0.472 e. The fraction of sp³-hybridized carbons (Fsp3) is 0.667. The molecular formula is C15H25N3O. The summed E-state index contributed by atoms with van der Waals surface area (Å²) in [7, 11) is 0. The lowest BCUT2D eigenvalue weighted by molar-refractivity contribution is 0.322. The van der Waals surface area contributed by atoms with Crippen molar-refractivity contribution in [2.24, 2.45) is 10.4 Å². The highest BCUT2D eigenvalue weighted by Gasteiger charge is 2.33. The first-order valence-corrected chi connectivity index (χ1v) is 7.21. The molecule has 1 fully saturated rings. The molecule has 1 saturated heterocycles. The molecule has 1 aromatic rings. The Labute approximate surface area is 115 Å². The van der Waals surface area contributed by atoms with Gasteiger partial charge in [0.2, 0.25) is 0 Å². The van der Waals surface area contributed by atoms with Gasteiger partial charge in [-0.3, -0.25) is 0 Å². The minimum atomic E-state index is 0.436. The Bertz CT molecular complexity index is 413. The molecule has 1 aliphatic rings. The van der Waals surface area contributed by atoms with E-state index in [-0.39, 0.29) is 0 Å². The third-order valence-corrected chi connectivity index (χ3v) is 4.04. The molecule has 0 saturated carbocycles. The van der Waals surface area contributed by atoms with Crippen LogP contribution >= 0.6 is 0 Å². The fourth-order valence-corrected chi connectivity index (χ4v) is 2.47. The van der Waals surface area contributed by atoms with Crippen molar-refractivity contribution in [1.29, 1.82) is 0 Å². The summed E-state index contributed by atoms with van der Waals surface area (Å²) in [5, 5.41) is 3.39. The van der Waals surface area contributed by atoms with Gasteiger partial charge in [-0.15, -0.1) is 0 Å². The summed E-state index contributed by atoms with van der Waals surface area (Å²) in [6.07, 6.45) is 5.93. The Balaban J connectivity index is 2.02. The third-order valence-electron chi connectivity index (χ3n) is 4.04. The summed E-state index contributed by atoms with van der Waals surface area (Å²) >= 11 is 0. The summed E-state index contributed by atoms with van der Waals surface area (Å²) < 4.78 is 5.08. The molecule has 2 heterocycles. The number of rotatable bonds is 4. The van der Waals surface area contributed by atoms with Crippen LogP contribution in [0.1, 0.15) is 39.2 Å². The number of hydrogen-bond acceptors (Lipinski definition) is 2. The summed E-state index contributed by atoms with van der Waals surface area (Å²) in [6.45, 7) is 10.5. The van der Waals surface area contributed by atoms with Gasteiger partial charge in [0.25, 0.3) is 0 Å². The minimum absolute atomic E-state index is 0.436. The molecule has 4 nitrogen and oxygen atoms in total. The molecule has 1 aliphatic heterocycles. The summed E-state index contributed by atoms with van der Waals surface area (Å²) in [6, 6.07) is 1.97. The zero-order valence-corrected chi connectivity index (χ0v) is 12.3. The Morgan fingerprint density at radius 1 is 1.53 bits per heavy atom. The normalized spacial score (nSPS) is 23.9. The monoisotopic (exact) mass is 263 g/mol. The van der Waals surface area contributed by atoms with Gasteiger partial charge in [0, 0.05) is 25.2 Å². The van der Waals surface area contributed by atoms with Crippen LogP contribution in [0.3, 0.4) is 0 Å². The zero-order valence-electron chi connectivity index (χ0n) is 12.3. The molecule has 106 valence electrons. The van der Waals surface area contributed by atoms with Gasteiger partial charge in [-0.2, -0.15) is 0 Å². The maximum atomic E-state index is 5.08. The highest BCUT2D eigenvalue weighted by Crippen LogP contribution is 2.32. The van der Waals surface area contributed by atoms with Gasteiger partial charge in [0.15, 0.2) is 5.96 Å². The van der Waals surface area contributed by atoms with E-state index >= 15 is 0 Å². The average Bonchev–Trinajstić information content (AvgIpc) is 3.05. The second-order valence-corrected chi connectivity index (χ2v) is 5.64.